The molecule has 3 heteroatoms. The van der Waals surface area contributed by atoms with Gasteiger partial charge in [0.1, 0.15) is 5.76 Å². The molecular weight excluding hydrogens is 214 g/mol. The van der Waals surface area contributed by atoms with E-state index >= 15 is 0 Å². The van der Waals surface area contributed by atoms with E-state index in [1.807, 2.05) is 19.1 Å². The van der Waals surface area contributed by atoms with Crippen molar-refractivity contribution in [2.24, 2.45) is 0 Å². The molecule has 1 heterocycles. The summed E-state index contributed by atoms with van der Waals surface area (Å²) >= 11 is 0. The van der Waals surface area contributed by atoms with Gasteiger partial charge in [0.05, 0.1) is 0 Å². The van der Waals surface area contributed by atoms with Crippen LogP contribution >= 0.6 is 0 Å². The van der Waals surface area contributed by atoms with E-state index in [4.69, 9.17) is 4.42 Å². The van der Waals surface area contributed by atoms with Gasteiger partial charge in [-0.05, 0) is 31.9 Å². The molecule has 0 N–H and O–H groups in total. The first-order valence-electron chi connectivity index (χ1n) is 5.94. The highest BCUT2D eigenvalue weighted by molar-refractivity contribution is 5.92. The van der Waals surface area contributed by atoms with Crippen LogP contribution in [0.4, 0.5) is 0 Å². The maximum absolute atomic E-state index is 11.9. The molecule has 0 saturated carbocycles. The van der Waals surface area contributed by atoms with Gasteiger partial charge in [0.15, 0.2) is 5.76 Å². The van der Waals surface area contributed by atoms with Crippen LogP contribution in [0.15, 0.2) is 34.8 Å². The Balaban J connectivity index is 2.18. The maximum Gasteiger partial charge on any atom is 0.289 e. The molecule has 0 aromatic carbocycles. The van der Waals surface area contributed by atoms with Crippen LogP contribution in [-0.2, 0) is 0 Å². The maximum atomic E-state index is 11.9. The standard InChI is InChI=1S/C14H17NO2/c1-3-15(2)14(16)13-10-9-12(17-13)11-7-5-4-6-8-11/h5,7-10H,3-4,6H2,1-2H3. The first kappa shape index (κ1) is 11.7. The normalized spacial score (nSPS) is 14.6. The molecule has 17 heavy (non-hydrogen) atoms. The van der Waals surface area contributed by atoms with Crippen molar-refractivity contribution in [1.82, 2.24) is 4.90 Å². The molecule has 1 aromatic rings. The monoisotopic (exact) mass is 231 g/mol. The van der Waals surface area contributed by atoms with Crippen LogP contribution in [0, 0.1) is 0 Å². The molecule has 0 bridgehead atoms. The van der Waals surface area contributed by atoms with Crippen molar-refractivity contribution >= 4 is 11.5 Å². The third-order valence-corrected chi connectivity index (χ3v) is 2.92. The Labute approximate surface area is 101 Å². The van der Waals surface area contributed by atoms with E-state index < -0.39 is 0 Å². The molecule has 0 spiro atoms. The van der Waals surface area contributed by atoms with Crippen LogP contribution < -0.4 is 0 Å². The van der Waals surface area contributed by atoms with Crippen molar-refractivity contribution < 1.29 is 9.21 Å². The predicted octanol–water partition coefficient (Wildman–Crippen LogP) is 3.10. The largest absolute Gasteiger partial charge is 0.451 e. The Hall–Kier alpha value is -1.77. The number of nitrogens with zero attached hydrogens (tertiary/aromatic N) is 1. The molecule has 2 rings (SSSR count). The molecular formula is C14H17NO2. The van der Waals surface area contributed by atoms with Crippen molar-refractivity contribution in [1.29, 1.82) is 0 Å². The minimum atomic E-state index is -0.0702. The second-order valence-electron chi connectivity index (χ2n) is 4.12. The van der Waals surface area contributed by atoms with Gasteiger partial charge in [-0.25, -0.2) is 0 Å². The number of hydrogen-bond acceptors (Lipinski definition) is 2. The first-order valence-corrected chi connectivity index (χ1v) is 5.94. The number of furan rings is 1. The zero-order valence-corrected chi connectivity index (χ0v) is 10.3. The third kappa shape index (κ3) is 2.49. The average molecular weight is 231 g/mol. The van der Waals surface area contributed by atoms with E-state index in [1.54, 1.807) is 18.0 Å². The van der Waals surface area contributed by atoms with Crippen LogP contribution in [0.1, 0.15) is 36.1 Å². The molecule has 0 saturated heterocycles. The van der Waals surface area contributed by atoms with E-state index in [9.17, 15) is 4.79 Å². The van der Waals surface area contributed by atoms with Crippen molar-refractivity contribution in [2.45, 2.75) is 19.8 Å². The van der Waals surface area contributed by atoms with Crippen LogP contribution in [0.2, 0.25) is 0 Å². The lowest BCUT2D eigenvalue weighted by Crippen LogP contribution is -2.25. The smallest absolute Gasteiger partial charge is 0.289 e. The minimum Gasteiger partial charge on any atom is -0.451 e. The van der Waals surface area contributed by atoms with Gasteiger partial charge in [-0.15, -0.1) is 0 Å². The Kier molecular flexibility index (Phi) is 3.47. The lowest BCUT2D eigenvalue weighted by molar-refractivity contribution is 0.0770. The average Bonchev–Trinajstić information content (AvgIpc) is 2.87. The van der Waals surface area contributed by atoms with Crippen LogP contribution in [-0.4, -0.2) is 24.4 Å². The van der Waals surface area contributed by atoms with E-state index in [0.717, 1.165) is 24.2 Å². The summed E-state index contributed by atoms with van der Waals surface area (Å²) in [4.78, 5) is 13.5. The number of rotatable bonds is 3. The number of allylic oxidation sites excluding steroid dienone is 4. The Morgan fingerprint density at radius 3 is 2.88 bits per heavy atom. The molecule has 1 aliphatic carbocycles. The zero-order chi connectivity index (χ0) is 12.3. The molecule has 0 fully saturated rings. The molecule has 1 aliphatic rings. The zero-order valence-electron chi connectivity index (χ0n) is 10.3. The number of carbonyl (C=O) groups excluding carboxylic acids is 1. The Morgan fingerprint density at radius 1 is 1.41 bits per heavy atom. The van der Waals surface area contributed by atoms with Gasteiger partial charge in [0.2, 0.25) is 0 Å². The summed E-state index contributed by atoms with van der Waals surface area (Å²) in [7, 11) is 1.77. The van der Waals surface area contributed by atoms with Crippen molar-refractivity contribution in [3.63, 3.8) is 0 Å². The summed E-state index contributed by atoms with van der Waals surface area (Å²) < 4.78 is 5.60. The van der Waals surface area contributed by atoms with Crippen molar-refractivity contribution in [3.8, 4) is 0 Å². The van der Waals surface area contributed by atoms with Crippen LogP contribution in [0.25, 0.3) is 5.57 Å². The summed E-state index contributed by atoms with van der Waals surface area (Å²) in [6.07, 6.45) is 8.41. The van der Waals surface area contributed by atoms with Crippen molar-refractivity contribution in [3.05, 3.63) is 41.9 Å². The van der Waals surface area contributed by atoms with Gasteiger partial charge in [0.25, 0.3) is 5.91 Å². The quantitative estimate of drug-likeness (QED) is 0.800. The van der Waals surface area contributed by atoms with Gasteiger partial charge < -0.3 is 9.32 Å². The molecule has 3 nitrogen and oxygen atoms in total. The second kappa shape index (κ2) is 5.04. The fourth-order valence-corrected chi connectivity index (χ4v) is 1.74. The minimum absolute atomic E-state index is 0.0702. The third-order valence-electron chi connectivity index (χ3n) is 2.92. The molecule has 1 amide bonds. The summed E-state index contributed by atoms with van der Waals surface area (Å²) in [5.41, 5.74) is 1.06. The molecule has 1 aromatic heterocycles. The van der Waals surface area contributed by atoms with E-state index in [2.05, 4.69) is 12.2 Å². The lowest BCUT2D eigenvalue weighted by Gasteiger charge is -2.11. The summed E-state index contributed by atoms with van der Waals surface area (Å²) in [5, 5.41) is 0. The highest BCUT2D eigenvalue weighted by Crippen LogP contribution is 2.23. The first-order chi connectivity index (χ1) is 8.22. The van der Waals surface area contributed by atoms with Gasteiger partial charge in [0, 0.05) is 19.2 Å². The fourth-order valence-electron chi connectivity index (χ4n) is 1.74. The van der Waals surface area contributed by atoms with Gasteiger partial charge >= 0.3 is 0 Å². The molecule has 90 valence electrons. The van der Waals surface area contributed by atoms with Crippen LogP contribution in [0.5, 0.6) is 0 Å². The highest BCUT2D eigenvalue weighted by atomic mass is 16.4. The Morgan fingerprint density at radius 2 is 2.24 bits per heavy atom. The topological polar surface area (TPSA) is 33.5 Å². The van der Waals surface area contributed by atoms with E-state index in [0.29, 0.717) is 12.3 Å². The number of carbonyl (C=O) groups is 1. The molecule has 0 unspecified atom stereocenters. The predicted molar refractivity (Wildman–Crippen MR) is 67.7 cm³/mol. The molecule has 0 atom stereocenters. The Bertz CT molecular complexity index is 468. The van der Waals surface area contributed by atoms with Gasteiger partial charge in [-0.2, -0.15) is 0 Å². The highest BCUT2D eigenvalue weighted by Gasteiger charge is 2.15. The van der Waals surface area contributed by atoms with E-state index in [-0.39, 0.29) is 5.91 Å². The summed E-state index contributed by atoms with van der Waals surface area (Å²) in [6.45, 7) is 2.62. The van der Waals surface area contributed by atoms with Crippen LogP contribution in [0.3, 0.4) is 0 Å². The van der Waals surface area contributed by atoms with Gasteiger partial charge in [-0.1, -0.05) is 18.2 Å². The molecule has 0 radical (unpaired) electrons. The second-order valence-corrected chi connectivity index (χ2v) is 4.12. The number of hydrogen-bond donors (Lipinski definition) is 0. The molecule has 0 aliphatic heterocycles. The summed E-state index contributed by atoms with van der Waals surface area (Å²) in [5.74, 6) is 1.11. The van der Waals surface area contributed by atoms with E-state index in [1.165, 1.54) is 0 Å². The summed E-state index contributed by atoms with van der Waals surface area (Å²) in [6, 6.07) is 3.60. The lowest BCUT2D eigenvalue weighted by atomic mass is 10.1. The number of amides is 1. The fraction of sp³-hybridized carbons (Fsp3) is 0.357. The SMILES string of the molecule is CCN(C)C(=O)c1ccc(C2=CCCC=C2)o1. The van der Waals surface area contributed by atoms with Gasteiger partial charge in [-0.3, -0.25) is 4.79 Å². The van der Waals surface area contributed by atoms with Crippen molar-refractivity contribution in [2.75, 3.05) is 13.6 Å².